The van der Waals surface area contributed by atoms with Crippen molar-refractivity contribution in [3.05, 3.63) is 62.7 Å². The van der Waals surface area contributed by atoms with E-state index in [9.17, 15) is 10.1 Å². The van der Waals surface area contributed by atoms with E-state index in [0.29, 0.717) is 10.8 Å². The molecule has 2 aromatic carbocycles. The summed E-state index contributed by atoms with van der Waals surface area (Å²) in [5.74, 6) is 0.844. The first-order valence-electron chi connectivity index (χ1n) is 6.21. The molecule has 0 heterocycles. The molecule has 6 heteroatoms. The van der Waals surface area contributed by atoms with E-state index in [1.807, 2.05) is 6.92 Å². The van der Waals surface area contributed by atoms with Gasteiger partial charge in [-0.2, -0.15) is 0 Å². The number of ether oxygens (including phenoxy) is 2. The minimum Gasteiger partial charge on any atom is -0.496 e. The summed E-state index contributed by atoms with van der Waals surface area (Å²) in [6.45, 7) is 1.98. The normalized spacial score (nSPS) is 10.2. The molecule has 0 amide bonds. The van der Waals surface area contributed by atoms with Crippen LogP contribution in [0.2, 0.25) is 5.02 Å². The minimum absolute atomic E-state index is 0.0680. The highest BCUT2D eigenvalue weighted by Gasteiger charge is 2.15. The highest BCUT2D eigenvalue weighted by atomic mass is 35.5. The minimum atomic E-state index is -0.468. The smallest absolute Gasteiger partial charge is 0.310 e. The van der Waals surface area contributed by atoms with Crippen molar-refractivity contribution in [2.75, 3.05) is 7.11 Å². The summed E-state index contributed by atoms with van der Waals surface area (Å²) in [7, 11) is 1.54. The topological polar surface area (TPSA) is 61.6 Å². The lowest BCUT2D eigenvalue weighted by atomic mass is 10.2. The van der Waals surface area contributed by atoms with E-state index < -0.39 is 4.92 Å². The Morgan fingerprint density at radius 3 is 2.62 bits per heavy atom. The van der Waals surface area contributed by atoms with Crippen molar-refractivity contribution in [1.29, 1.82) is 0 Å². The molecular weight excluding hydrogens is 294 g/mol. The summed E-state index contributed by atoms with van der Waals surface area (Å²) in [5.41, 5.74) is 1.54. The van der Waals surface area contributed by atoms with Gasteiger partial charge >= 0.3 is 5.69 Å². The fourth-order valence-electron chi connectivity index (χ4n) is 1.90. The Hall–Kier alpha value is -2.27. The largest absolute Gasteiger partial charge is 0.496 e. The molecule has 0 aromatic heterocycles. The van der Waals surface area contributed by atoms with E-state index in [4.69, 9.17) is 21.1 Å². The van der Waals surface area contributed by atoms with Gasteiger partial charge < -0.3 is 9.47 Å². The van der Waals surface area contributed by atoms with Crippen LogP contribution in [0.4, 0.5) is 5.69 Å². The lowest BCUT2D eigenvalue weighted by Gasteiger charge is -2.11. The number of halogens is 1. The van der Waals surface area contributed by atoms with Crippen molar-refractivity contribution < 1.29 is 14.4 Å². The third kappa shape index (κ3) is 3.64. The highest BCUT2D eigenvalue weighted by Crippen LogP contribution is 2.30. The zero-order valence-electron chi connectivity index (χ0n) is 11.6. The lowest BCUT2D eigenvalue weighted by molar-refractivity contribution is -0.386. The Balaban J connectivity index is 2.26. The maximum atomic E-state index is 11.0. The summed E-state index contributed by atoms with van der Waals surface area (Å²) in [4.78, 5) is 10.5. The van der Waals surface area contributed by atoms with E-state index >= 15 is 0 Å². The molecule has 110 valence electrons. The summed E-state index contributed by atoms with van der Waals surface area (Å²) in [6.07, 6.45) is 0. The predicted molar refractivity (Wildman–Crippen MR) is 80.2 cm³/mol. The van der Waals surface area contributed by atoms with Crippen molar-refractivity contribution in [1.82, 2.24) is 0 Å². The molecule has 21 heavy (non-hydrogen) atoms. The predicted octanol–water partition coefficient (Wildman–Crippen LogP) is 4.14. The third-order valence-electron chi connectivity index (χ3n) is 2.94. The van der Waals surface area contributed by atoms with Crippen LogP contribution in [0.25, 0.3) is 0 Å². The van der Waals surface area contributed by atoms with Crippen LogP contribution in [0.5, 0.6) is 11.5 Å². The number of nitrogens with zero attached hydrogens (tertiary/aromatic N) is 1. The van der Waals surface area contributed by atoms with Crippen molar-refractivity contribution in [2.45, 2.75) is 13.5 Å². The molecule has 0 spiro atoms. The molecule has 0 aliphatic rings. The molecule has 5 nitrogen and oxygen atoms in total. The van der Waals surface area contributed by atoms with Crippen molar-refractivity contribution in [2.24, 2.45) is 0 Å². The van der Waals surface area contributed by atoms with Crippen LogP contribution in [0.15, 0.2) is 36.4 Å². The number of rotatable bonds is 5. The first kappa shape index (κ1) is 15.1. The molecule has 2 aromatic rings. The van der Waals surface area contributed by atoms with Gasteiger partial charge in [0.1, 0.15) is 12.4 Å². The summed E-state index contributed by atoms with van der Waals surface area (Å²) < 4.78 is 10.8. The van der Waals surface area contributed by atoms with Crippen LogP contribution in [-0.4, -0.2) is 12.0 Å². The molecule has 0 N–H and O–H groups in total. The van der Waals surface area contributed by atoms with Crippen molar-refractivity contribution in [3.8, 4) is 11.5 Å². The molecule has 2 rings (SSSR count). The Bertz CT molecular complexity index is 673. The number of hydrogen-bond acceptors (Lipinski definition) is 4. The number of benzene rings is 2. The number of nitro groups is 1. The number of nitro benzene ring substituents is 1. The van der Waals surface area contributed by atoms with Crippen LogP contribution in [0, 0.1) is 17.0 Å². The molecule has 0 aliphatic heterocycles. The number of hydrogen-bond donors (Lipinski definition) is 0. The van der Waals surface area contributed by atoms with Crippen LogP contribution >= 0.6 is 11.6 Å². The fourth-order valence-corrected chi connectivity index (χ4v) is 2.10. The summed E-state index contributed by atoms with van der Waals surface area (Å²) in [6, 6.07) is 9.88. The average molecular weight is 308 g/mol. The third-order valence-corrected chi connectivity index (χ3v) is 3.17. The van der Waals surface area contributed by atoms with Gasteiger partial charge in [-0.05, 0) is 36.8 Å². The molecule has 0 unspecified atom stereocenters. The van der Waals surface area contributed by atoms with Gasteiger partial charge in [-0.1, -0.05) is 17.7 Å². The maximum Gasteiger partial charge on any atom is 0.310 e. The van der Waals surface area contributed by atoms with E-state index in [1.165, 1.54) is 6.07 Å². The second-order valence-electron chi connectivity index (χ2n) is 4.47. The van der Waals surface area contributed by atoms with Crippen LogP contribution in [0.1, 0.15) is 11.1 Å². The van der Waals surface area contributed by atoms with Gasteiger partial charge in [0.15, 0.2) is 5.75 Å². The van der Waals surface area contributed by atoms with Gasteiger partial charge in [0.2, 0.25) is 0 Å². The first-order valence-corrected chi connectivity index (χ1v) is 6.59. The zero-order chi connectivity index (χ0) is 15.4. The number of aryl methyl sites for hydroxylation is 1. The average Bonchev–Trinajstić information content (AvgIpc) is 2.45. The van der Waals surface area contributed by atoms with Gasteiger partial charge in [0, 0.05) is 16.7 Å². The van der Waals surface area contributed by atoms with Gasteiger partial charge in [-0.15, -0.1) is 0 Å². The molecular formula is C15H14ClNO4. The molecule has 0 saturated heterocycles. The molecule has 0 atom stereocenters. The quantitative estimate of drug-likeness (QED) is 0.615. The van der Waals surface area contributed by atoms with Gasteiger partial charge in [0.05, 0.1) is 12.0 Å². The van der Waals surface area contributed by atoms with Gasteiger partial charge in [-0.25, -0.2) is 0 Å². The van der Waals surface area contributed by atoms with E-state index in [1.54, 1.807) is 37.4 Å². The maximum absolute atomic E-state index is 11.0. The summed E-state index contributed by atoms with van der Waals surface area (Å²) >= 11 is 5.94. The van der Waals surface area contributed by atoms with E-state index in [0.717, 1.165) is 11.1 Å². The van der Waals surface area contributed by atoms with Gasteiger partial charge in [0.25, 0.3) is 0 Å². The van der Waals surface area contributed by atoms with Crippen molar-refractivity contribution in [3.63, 3.8) is 0 Å². The fraction of sp³-hybridized carbons (Fsp3) is 0.200. The van der Waals surface area contributed by atoms with Crippen molar-refractivity contribution >= 4 is 17.3 Å². The molecule has 0 fully saturated rings. The standard InChI is InChI=1S/C15H14ClNO4/c1-10-3-5-13(17(18)19)15(7-10)21-9-11-8-12(16)4-6-14(11)20-2/h3-8H,9H2,1-2H3. The van der Waals surface area contributed by atoms with Crippen LogP contribution < -0.4 is 9.47 Å². The Labute approximate surface area is 127 Å². The van der Waals surface area contributed by atoms with E-state index in [-0.39, 0.29) is 18.0 Å². The Kier molecular flexibility index (Phi) is 4.65. The first-order chi connectivity index (χ1) is 10.0. The highest BCUT2D eigenvalue weighted by molar-refractivity contribution is 6.30. The van der Waals surface area contributed by atoms with Gasteiger partial charge in [-0.3, -0.25) is 10.1 Å². The molecule has 0 saturated carbocycles. The Morgan fingerprint density at radius 1 is 1.19 bits per heavy atom. The monoisotopic (exact) mass is 307 g/mol. The molecule has 0 aliphatic carbocycles. The van der Waals surface area contributed by atoms with Crippen LogP contribution in [0.3, 0.4) is 0 Å². The summed E-state index contributed by atoms with van der Waals surface area (Å²) in [5, 5.41) is 11.6. The second kappa shape index (κ2) is 6.45. The molecule has 0 radical (unpaired) electrons. The molecule has 0 bridgehead atoms. The van der Waals surface area contributed by atoms with E-state index in [2.05, 4.69) is 0 Å². The SMILES string of the molecule is COc1ccc(Cl)cc1COc1cc(C)ccc1[N+](=O)[O-]. The van der Waals surface area contributed by atoms with Crippen LogP contribution in [-0.2, 0) is 6.61 Å². The zero-order valence-corrected chi connectivity index (χ0v) is 12.4. The Morgan fingerprint density at radius 2 is 1.95 bits per heavy atom. The number of methoxy groups -OCH3 is 1. The lowest BCUT2D eigenvalue weighted by Crippen LogP contribution is -2.01. The second-order valence-corrected chi connectivity index (χ2v) is 4.91.